The molecular weight excluding hydrogens is 246 g/mol. The van der Waals surface area contributed by atoms with Gasteiger partial charge in [-0.3, -0.25) is 4.79 Å². The largest absolute Gasteiger partial charge is 0.481 e. The molecule has 0 aliphatic rings. The lowest BCUT2D eigenvalue weighted by Gasteiger charge is -2.26. The van der Waals surface area contributed by atoms with Crippen LogP contribution in [0, 0.1) is 5.41 Å². The molecule has 0 aliphatic carbocycles. The van der Waals surface area contributed by atoms with Gasteiger partial charge in [-0.2, -0.15) is 0 Å². The van der Waals surface area contributed by atoms with Gasteiger partial charge in [-0.25, -0.2) is 13.1 Å². The van der Waals surface area contributed by atoms with Crippen molar-refractivity contribution < 1.29 is 23.1 Å². The summed E-state index contributed by atoms with van der Waals surface area (Å²) in [7, 11) is -2.06. The number of carboxylic acid groups (broad SMARTS) is 1. The standard InChI is InChI=1S/C10H21NO5S/c1-4-10(5-2,9(12)13)8-11-17(14,15)7-6-16-3/h11H,4-8H2,1-3H3,(H,12,13). The van der Waals surface area contributed by atoms with E-state index in [1.807, 2.05) is 0 Å². The Balaban J connectivity index is 4.56. The van der Waals surface area contributed by atoms with Crippen molar-refractivity contribution in [3.63, 3.8) is 0 Å². The summed E-state index contributed by atoms with van der Waals surface area (Å²) >= 11 is 0. The van der Waals surface area contributed by atoms with Crippen LogP contribution in [0.1, 0.15) is 26.7 Å². The van der Waals surface area contributed by atoms with E-state index in [9.17, 15) is 13.2 Å². The molecule has 17 heavy (non-hydrogen) atoms. The topological polar surface area (TPSA) is 92.7 Å². The fraction of sp³-hybridized carbons (Fsp3) is 0.900. The first kappa shape index (κ1) is 16.3. The van der Waals surface area contributed by atoms with Crippen molar-refractivity contribution in [2.24, 2.45) is 5.41 Å². The highest BCUT2D eigenvalue weighted by Crippen LogP contribution is 2.25. The van der Waals surface area contributed by atoms with Gasteiger partial charge in [-0.15, -0.1) is 0 Å². The zero-order chi connectivity index (χ0) is 13.5. The number of aliphatic carboxylic acids is 1. The van der Waals surface area contributed by atoms with Gasteiger partial charge in [0.05, 0.1) is 17.8 Å². The summed E-state index contributed by atoms with van der Waals surface area (Å²) in [5, 5.41) is 9.14. The zero-order valence-corrected chi connectivity index (χ0v) is 11.3. The van der Waals surface area contributed by atoms with Crippen LogP contribution < -0.4 is 4.72 Å². The van der Waals surface area contributed by atoms with E-state index in [0.717, 1.165) is 0 Å². The second kappa shape index (κ2) is 6.93. The lowest BCUT2D eigenvalue weighted by atomic mass is 9.83. The number of methoxy groups -OCH3 is 1. The van der Waals surface area contributed by atoms with Crippen LogP contribution in [0.15, 0.2) is 0 Å². The second-order valence-corrected chi connectivity index (χ2v) is 5.85. The van der Waals surface area contributed by atoms with E-state index in [0.29, 0.717) is 12.8 Å². The normalized spacial score (nSPS) is 12.6. The third-order valence-corrected chi connectivity index (χ3v) is 4.28. The van der Waals surface area contributed by atoms with Crippen LogP contribution in [0.2, 0.25) is 0 Å². The molecule has 0 spiro atoms. The summed E-state index contributed by atoms with van der Waals surface area (Å²) in [4.78, 5) is 11.2. The lowest BCUT2D eigenvalue weighted by Crippen LogP contribution is -2.43. The third kappa shape index (κ3) is 5.01. The molecule has 6 nitrogen and oxygen atoms in total. The first-order valence-corrected chi connectivity index (χ1v) is 7.18. The van der Waals surface area contributed by atoms with Gasteiger partial charge in [0.2, 0.25) is 10.0 Å². The summed E-state index contributed by atoms with van der Waals surface area (Å²) < 4.78 is 30.0. The van der Waals surface area contributed by atoms with Gasteiger partial charge in [0.1, 0.15) is 0 Å². The predicted octanol–water partition coefficient (Wildman–Crippen LogP) is 0.443. The number of nitrogens with one attached hydrogen (secondary N) is 1. The number of sulfonamides is 1. The van der Waals surface area contributed by atoms with Crippen molar-refractivity contribution in [2.45, 2.75) is 26.7 Å². The summed E-state index contributed by atoms with van der Waals surface area (Å²) in [6, 6.07) is 0. The van der Waals surface area contributed by atoms with Gasteiger partial charge in [-0.1, -0.05) is 13.8 Å². The number of carbonyl (C=O) groups is 1. The summed E-state index contributed by atoms with van der Waals surface area (Å²) in [5.41, 5.74) is -1.03. The first-order chi connectivity index (χ1) is 7.83. The van der Waals surface area contributed by atoms with E-state index >= 15 is 0 Å². The molecule has 0 atom stereocenters. The van der Waals surface area contributed by atoms with Gasteiger partial charge in [-0.05, 0) is 12.8 Å². The molecule has 0 unspecified atom stereocenters. The number of rotatable bonds is 9. The molecule has 2 N–H and O–H groups in total. The quantitative estimate of drug-likeness (QED) is 0.632. The Labute approximate surface area is 102 Å². The van der Waals surface area contributed by atoms with E-state index in [-0.39, 0.29) is 18.9 Å². The maximum atomic E-state index is 11.5. The molecule has 7 heteroatoms. The van der Waals surface area contributed by atoms with E-state index in [4.69, 9.17) is 5.11 Å². The highest BCUT2D eigenvalue weighted by atomic mass is 32.2. The molecule has 0 amide bonds. The molecule has 0 bridgehead atoms. The Kier molecular flexibility index (Phi) is 6.66. The minimum absolute atomic E-state index is 0.0820. The Hall–Kier alpha value is -0.660. The molecule has 0 saturated heterocycles. The molecule has 0 fully saturated rings. The van der Waals surface area contributed by atoms with Crippen LogP contribution in [-0.2, 0) is 19.6 Å². The Morgan fingerprint density at radius 1 is 1.35 bits per heavy atom. The van der Waals surface area contributed by atoms with Crippen LogP contribution in [-0.4, -0.2) is 45.5 Å². The van der Waals surface area contributed by atoms with Gasteiger partial charge in [0, 0.05) is 13.7 Å². The Morgan fingerprint density at radius 3 is 2.24 bits per heavy atom. The predicted molar refractivity (Wildman–Crippen MR) is 64.3 cm³/mol. The SMILES string of the molecule is CCC(CC)(CNS(=O)(=O)CCOC)C(=O)O. The van der Waals surface area contributed by atoms with Gasteiger partial charge in [0.15, 0.2) is 0 Å². The summed E-state index contributed by atoms with van der Waals surface area (Å²) in [5.74, 6) is -1.14. The van der Waals surface area contributed by atoms with Gasteiger partial charge < -0.3 is 9.84 Å². The van der Waals surface area contributed by atoms with Gasteiger partial charge in [0.25, 0.3) is 0 Å². The van der Waals surface area contributed by atoms with E-state index in [2.05, 4.69) is 9.46 Å². The number of hydrogen-bond donors (Lipinski definition) is 2. The lowest BCUT2D eigenvalue weighted by molar-refractivity contribution is -0.149. The molecule has 102 valence electrons. The second-order valence-electron chi connectivity index (χ2n) is 3.93. The molecule has 0 rings (SSSR count). The molecule has 0 aromatic heterocycles. The smallest absolute Gasteiger partial charge is 0.310 e. The molecular formula is C10H21NO5S. The molecule has 0 aromatic rings. The van der Waals surface area contributed by atoms with Crippen molar-refractivity contribution in [3.05, 3.63) is 0 Å². The molecule has 0 saturated carbocycles. The zero-order valence-electron chi connectivity index (χ0n) is 10.5. The minimum atomic E-state index is -3.47. The molecule has 0 aliphatic heterocycles. The molecule has 0 aromatic carbocycles. The highest BCUT2D eigenvalue weighted by Gasteiger charge is 2.35. The fourth-order valence-corrected chi connectivity index (χ4v) is 2.42. The number of carboxylic acids is 1. The summed E-state index contributed by atoms with van der Waals surface area (Å²) in [6.45, 7) is 3.48. The van der Waals surface area contributed by atoms with Crippen molar-refractivity contribution in [1.29, 1.82) is 0 Å². The molecule has 0 heterocycles. The van der Waals surface area contributed by atoms with Crippen LogP contribution in [0.3, 0.4) is 0 Å². The van der Waals surface area contributed by atoms with Crippen molar-refractivity contribution in [3.8, 4) is 0 Å². The van der Waals surface area contributed by atoms with Crippen molar-refractivity contribution in [1.82, 2.24) is 4.72 Å². The van der Waals surface area contributed by atoms with E-state index in [1.165, 1.54) is 7.11 Å². The Bertz CT molecular complexity index is 335. The Morgan fingerprint density at radius 2 is 1.88 bits per heavy atom. The van der Waals surface area contributed by atoms with Crippen molar-refractivity contribution in [2.75, 3.05) is 26.0 Å². The fourth-order valence-electron chi connectivity index (χ4n) is 1.39. The number of ether oxygens (including phenoxy) is 1. The van der Waals surface area contributed by atoms with Crippen LogP contribution >= 0.6 is 0 Å². The first-order valence-electron chi connectivity index (χ1n) is 5.53. The third-order valence-electron chi connectivity index (χ3n) is 2.99. The van der Waals surface area contributed by atoms with Crippen LogP contribution in [0.25, 0.3) is 0 Å². The van der Waals surface area contributed by atoms with Crippen LogP contribution in [0.5, 0.6) is 0 Å². The minimum Gasteiger partial charge on any atom is -0.481 e. The van der Waals surface area contributed by atoms with Gasteiger partial charge >= 0.3 is 5.97 Å². The monoisotopic (exact) mass is 267 g/mol. The highest BCUT2D eigenvalue weighted by molar-refractivity contribution is 7.89. The van der Waals surface area contributed by atoms with Crippen molar-refractivity contribution >= 4 is 16.0 Å². The average Bonchev–Trinajstić information content (AvgIpc) is 2.28. The average molecular weight is 267 g/mol. The summed E-state index contributed by atoms with van der Waals surface area (Å²) in [6.07, 6.45) is 0.761. The number of hydrogen-bond acceptors (Lipinski definition) is 4. The van der Waals surface area contributed by atoms with E-state index < -0.39 is 21.4 Å². The maximum Gasteiger partial charge on any atom is 0.310 e. The van der Waals surface area contributed by atoms with Crippen LogP contribution in [0.4, 0.5) is 0 Å². The molecule has 0 radical (unpaired) electrons. The van der Waals surface area contributed by atoms with E-state index in [1.54, 1.807) is 13.8 Å². The maximum absolute atomic E-state index is 11.5.